The Hall–Kier alpha value is -1.84. The van der Waals surface area contributed by atoms with Gasteiger partial charge in [-0.25, -0.2) is 0 Å². The zero-order valence-corrected chi connectivity index (χ0v) is 17.3. The van der Waals surface area contributed by atoms with Crippen molar-refractivity contribution in [2.24, 2.45) is 0 Å². The van der Waals surface area contributed by atoms with Crippen molar-refractivity contribution in [2.75, 3.05) is 0 Å². The number of para-hydroxylation sites is 1. The summed E-state index contributed by atoms with van der Waals surface area (Å²) in [5, 5.41) is 0. The summed E-state index contributed by atoms with van der Waals surface area (Å²) in [6.07, 6.45) is 10.1. The lowest BCUT2D eigenvalue weighted by Crippen LogP contribution is -2.17. The Morgan fingerprint density at radius 1 is 0.889 bits per heavy atom. The van der Waals surface area contributed by atoms with E-state index in [-0.39, 0.29) is 30.9 Å². The Balaban J connectivity index is 2.22. The van der Waals surface area contributed by atoms with Crippen LogP contribution in [0.5, 0.6) is 5.75 Å². The van der Waals surface area contributed by atoms with Crippen molar-refractivity contribution in [3.05, 3.63) is 29.8 Å². The minimum absolute atomic E-state index is 0.0447. The predicted molar refractivity (Wildman–Crippen MR) is 109 cm³/mol. The summed E-state index contributed by atoms with van der Waals surface area (Å²) in [7, 11) is 0. The molecule has 0 heterocycles. The highest BCUT2D eigenvalue weighted by Gasteiger charge is 2.14. The molecule has 0 spiro atoms. The standard InChI is InChI=1S/C23H36O4/c1-4-6-7-8-9-10-14-19(3)26-22(24)17-18-23(25)27-21-16-12-11-15-20(21)13-5-2/h11-12,15-16,19H,4-10,13-14,17-18H2,1-3H3. The van der Waals surface area contributed by atoms with Crippen molar-refractivity contribution in [1.82, 2.24) is 0 Å². The van der Waals surface area contributed by atoms with Crippen molar-refractivity contribution < 1.29 is 19.1 Å². The molecular formula is C23H36O4. The summed E-state index contributed by atoms with van der Waals surface area (Å²) in [6.45, 7) is 6.21. The molecule has 4 nitrogen and oxygen atoms in total. The second-order valence-electron chi connectivity index (χ2n) is 7.19. The van der Waals surface area contributed by atoms with Gasteiger partial charge >= 0.3 is 11.9 Å². The Kier molecular flexibility index (Phi) is 12.2. The van der Waals surface area contributed by atoms with Crippen LogP contribution in [0.2, 0.25) is 0 Å². The van der Waals surface area contributed by atoms with Crippen molar-refractivity contribution >= 4 is 11.9 Å². The van der Waals surface area contributed by atoms with Gasteiger partial charge in [0.05, 0.1) is 18.9 Å². The lowest BCUT2D eigenvalue weighted by molar-refractivity contribution is -0.151. The highest BCUT2D eigenvalue weighted by molar-refractivity contribution is 5.79. The van der Waals surface area contributed by atoms with Gasteiger partial charge in [-0.05, 0) is 37.8 Å². The molecule has 1 aromatic carbocycles. The number of ether oxygens (including phenoxy) is 2. The second-order valence-corrected chi connectivity index (χ2v) is 7.19. The summed E-state index contributed by atoms with van der Waals surface area (Å²) >= 11 is 0. The van der Waals surface area contributed by atoms with Crippen LogP contribution in [0.1, 0.15) is 90.5 Å². The minimum atomic E-state index is -0.390. The van der Waals surface area contributed by atoms with Crippen molar-refractivity contribution in [3.63, 3.8) is 0 Å². The first-order chi connectivity index (χ1) is 13.1. The fourth-order valence-corrected chi connectivity index (χ4v) is 3.01. The molecule has 27 heavy (non-hydrogen) atoms. The Bertz CT molecular complexity index is 553. The van der Waals surface area contributed by atoms with Gasteiger partial charge in [-0.2, -0.15) is 0 Å². The van der Waals surface area contributed by atoms with Gasteiger partial charge in [0.2, 0.25) is 0 Å². The molecule has 1 unspecified atom stereocenters. The normalized spacial score (nSPS) is 11.8. The molecule has 0 aliphatic rings. The maximum atomic E-state index is 12.0. The third-order valence-corrected chi connectivity index (χ3v) is 4.55. The summed E-state index contributed by atoms with van der Waals surface area (Å²) in [5.41, 5.74) is 1.02. The van der Waals surface area contributed by atoms with Gasteiger partial charge in [0.1, 0.15) is 5.75 Å². The molecule has 0 bridgehead atoms. The Morgan fingerprint density at radius 3 is 2.30 bits per heavy atom. The summed E-state index contributed by atoms with van der Waals surface area (Å²) in [4.78, 5) is 24.0. The number of carbonyl (C=O) groups is 2. The van der Waals surface area contributed by atoms with E-state index in [1.54, 1.807) is 6.07 Å². The average molecular weight is 377 g/mol. The molecule has 1 aromatic rings. The molecular weight excluding hydrogens is 340 g/mol. The van der Waals surface area contributed by atoms with Gasteiger partial charge in [-0.1, -0.05) is 70.6 Å². The molecule has 1 rings (SSSR count). The minimum Gasteiger partial charge on any atom is -0.463 e. The number of benzene rings is 1. The van der Waals surface area contributed by atoms with Gasteiger partial charge in [0.25, 0.3) is 0 Å². The second kappa shape index (κ2) is 14.2. The summed E-state index contributed by atoms with van der Waals surface area (Å²) in [5.74, 6) is -0.125. The molecule has 1 atom stereocenters. The largest absolute Gasteiger partial charge is 0.463 e. The number of carbonyl (C=O) groups excluding carboxylic acids is 2. The fraction of sp³-hybridized carbons (Fsp3) is 0.652. The van der Waals surface area contributed by atoms with Crippen LogP contribution in [0.15, 0.2) is 24.3 Å². The molecule has 4 heteroatoms. The maximum absolute atomic E-state index is 12.0. The van der Waals surface area contributed by atoms with Gasteiger partial charge in [0.15, 0.2) is 0 Å². The van der Waals surface area contributed by atoms with Gasteiger partial charge in [-0.15, -0.1) is 0 Å². The van der Waals surface area contributed by atoms with E-state index < -0.39 is 0 Å². The Morgan fingerprint density at radius 2 is 1.56 bits per heavy atom. The topological polar surface area (TPSA) is 52.6 Å². The van der Waals surface area contributed by atoms with Crippen LogP contribution in [0, 0.1) is 0 Å². The van der Waals surface area contributed by atoms with Crippen LogP contribution in [-0.2, 0) is 20.7 Å². The van der Waals surface area contributed by atoms with Crippen LogP contribution in [0.25, 0.3) is 0 Å². The smallest absolute Gasteiger partial charge is 0.311 e. The number of aryl methyl sites for hydroxylation is 1. The van der Waals surface area contributed by atoms with E-state index in [1.807, 2.05) is 25.1 Å². The fourth-order valence-electron chi connectivity index (χ4n) is 3.01. The lowest BCUT2D eigenvalue weighted by Gasteiger charge is -2.13. The van der Waals surface area contributed by atoms with Crippen LogP contribution >= 0.6 is 0 Å². The van der Waals surface area contributed by atoms with E-state index in [1.165, 1.54) is 32.1 Å². The van der Waals surface area contributed by atoms with E-state index in [9.17, 15) is 9.59 Å². The maximum Gasteiger partial charge on any atom is 0.311 e. The van der Waals surface area contributed by atoms with E-state index in [2.05, 4.69) is 13.8 Å². The summed E-state index contributed by atoms with van der Waals surface area (Å²) in [6, 6.07) is 7.54. The molecule has 0 aliphatic heterocycles. The molecule has 0 amide bonds. The zero-order chi connectivity index (χ0) is 19.9. The van der Waals surface area contributed by atoms with Gasteiger partial charge in [0, 0.05) is 0 Å². The third kappa shape index (κ3) is 10.8. The number of esters is 2. The molecule has 0 fully saturated rings. The van der Waals surface area contributed by atoms with Crippen LogP contribution < -0.4 is 4.74 Å². The van der Waals surface area contributed by atoms with Crippen LogP contribution in [0.3, 0.4) is 0 Å². The van der Waals surface area contributed by atoms with E-state index >= 15 is 0 Å². The number of unbranched alkanes of at least 4 members (excludes halogenated alkanes) is 5. The molecule has 0 saturated carbocycles. The first-order valence-corrected chi connectivity index (χ1v) is 10.5. The summed E-state index contributed by atoms with van der Waals surface area (Å²) < 4.78 is 10.8. The predicted octanol–water partition coefficient (Wildman–Crippen LogP) is 6.01. The monoisotopic (exact) mass is 376 g/mol. The first kappa shape index (κ1) is 23.2. The lowest BCUT2D eigenvalue weighted by atomic mass is 10.1. The molecule has 0 N–H and O–H groups in total. The van der Waals surface area contributed by atoms with Crippen LogP contribution in [-0.4, -0.2) is 18.0 Å². The molecule has 0 radical (unpaired) electrons. The zero-order valence-electron chi connectivity index (χ0n) is 17.3. The van der Waals surface area contributed by atoms with Gasteiger partial charge < -0.3 is 9.47 Å². The van der Waals surface area contributed by atoms with E-state index in [0.29, 0.717) is 5.75 Å². The van der Waals surface area contributed by atoms with Gasteiger partial charge in [-0.3, -0.25) is 9.59 Å². The highest BCUT2D eigenvalue weighted by atomic mass is 16.5. The highest BCUT2D eigenvalue weighted by Crippen LogP contribution is 2.20. The van der Waals surface area contributed by atoms with Crippen molar-refractivity contribution in [2.45, 2.75) is 97.5 Å². The SMILES string of the molecule is CCCCCCCCC(C)OC(=O)CCC(=O)Oc1ccccc1CCC. The van der Waals surface area contributed by atoms with Crippen molar-refractivity contribution in [3.8, 4) is 5.75 Å². The van der Waals surface area contributed by atoms with Crippen LogP contribution in [0.4, 0.5) is 0 Å². The molecule has 0 aliphatic carbocycles. The van der Waals surface area contributed by atoms with Crippen molar-refractivity contribution in [1.29, 1.82) is 0 Å². The Labute approximate surface area is 164 Å². The number of hydrogen-bond donors (Lipinski definition) is 0. The van der Waals surface area contributed by atoms with E-state index in [0.717, 1.165) is 31.2 Å². The number of rotatable bonds is 14. The molecule has 152 valence electrons. The quantitative estimate of drug-likeness (QED) is 0.227. The first-order valence-electron chi connectivity index (χ1n) is 10.5. The molecule has 0 saturated heterocycles. The molecule has 0 aromatic heterocycles. The van der Waals surface area contributed by atoms with E-state index in [4.69, 9.17) is 9.47 Å². The average Bonchev–Trinajstić information content (AvgIpc) is 2.65. The number of hydrogen-bond acceptors (Lipinski definition) is 4. The third-order valence-electron chi connectivity index (χ3n) is 4.55.